The summed E-state index contributed by atoms with van der Waals surface area (Å²) in [7, 11) is 2.07. The summed E-state index contributed by atoms with van der Waals surface area (Å²) in [6, 6.07) is 10.2. The molecule has 3 nitrogen and oxygen atoms in total. The van der Waals surface area contributed by atoms with E-state index in [9.17, 15) is 0 Å². The van der Waals surface area contributed by atoms with Crippen LogP contribution >= 0.6 is 0 Å². The smallest absolute Gasteiger partial charge is 0.128 e. The van der Waals surface area contributed by atoms with E-state index in [1.807, 2.05) is 37.5 Å². The molecular formula is C14H17N3. The molecular weight excluding hydrogens is 210 g/mol. The first kappa shape index (κ1) is 11.6. The maximum absolute atomic E-state index is 4.50. The maximum Gasteiger partial charge on any atom is 0.128 e. The van der Waals surface area contributed by atoms with Crippen molar-refractivity contribution in [2.75, 3.05) is 18.5 Å². The van der Waals surface area contributed by atoms with Gasteiger partial charge in [-0.3, -0.25) is 4.98 Å². The molecule has 0 unspecified atom stereocenters. The second-order valence-corrected chi connectivity index (χ2v) is 4.16. The first-order chi connectivity index (χ1) is 8.25. The van der Waals surface area contributed by atoms with E-state index in [4.69, 9.17) is 0 Å². The van der Waals surface area contributed by atoms with Gasteiger partial charge < -0.3 is 4.90 Å². The summed E-state index contributed by atoms with van der Waals surface area (Å²) < 4.78 is 0. The van der Waals surface area contributed by atoms with Crippen LogP contribution in [-0.4, -0.2) is 23.6 Å². The summed E-state index contributed by atoms with van der Waals surface area (Å²) in [5.74, 6) is 1.03. The fraction of sp³-hybridized carbons (Fsp3) is 0.286. The van der Waals surface area contributed by atoms with Crippen molar-refractivity contribution in [2.24, 2.45) is 0 Å². The molecule has 0 saturated carbocycles. The van der Waals surface area contributed by atoms with Gasteiger partial charge in [-0.05, 0) is 43.2 Å². The first-order valence-electron chi connectivity index (χ1n) is 5.79. The summed E-state index contributed by atoms with van der Waals surface area (Å²) in [6.45, 7) is 2.97. The molecule has 0 atom stereocenters. The lowest BCUT2D eigenvalue weighted by Gasteiger charge is -2.18. The van der Waals surface area contributed by atoms with Gasteiger partial charge in [0.05, 0.1) is 0 Å². The zero-order valence-corrected chi connectivity index (χ0v) is 10.3. The molecule has 0 aromatic carbocycles. The number of pyridine rings is 2. The molecule has 0 aliphatic carbocycles. The quantitative estimate of drug-likeness (QED) is 0.803. The van der Waals surface area contributed by atoms with Crippen molar-refractivity contribution >= 4 is 5.82 Å². The molecule has 3 heteroatoms. The van der Waals surface area contributed by atoms with Crippen LogP contribution in [0.4, 0.5) is 5.82 Å². The minimum atomic E-state index is 0.959. The van der Waals surface area contributed by atoms with Gasteiger partial charge in [0.25, 0.3) is 0 Å². The van der Waals surface area contributed by atoms with E-state index >= 15 is 0 Å². The van der Waals surface area contributed by atoms with Gasteiger partial charge in [-0.15, -0.1) is 0 Å². The standard InChI is InChI=1S/C14H17N3/c1-12-4-3-5-14(16-12)17(2)11-8-13-6-9-15-10-7-13/h3-7,9-10H,8,11H2,1-2H3. The molecule has 0 bridgehead atoms. The Kier molecular flexibility index (Phi) is 3.70. The average molecular weight is 227 g/mol. The topological polar surface area (TPSA) is 29.0 Å². The van der Waals surface area contributed by atoms with Gasteiger partial charge in [-0.25, -0.2) is 4.98 Å². The number of anilines is 1. The number of hydrogen-bond donors (Lipinski definition) is 0. The van der Waals surface area contributed by atoms with Gasteiger partial charge in [0.15, 0.2) is 0 Å². The molecule has 0 amide bonds. The zero-order valence-electron chi connectivity index (χ0n) is 10.3. The zero-order chi connectivity index (χ0) is 12.1. The summed E-state index contributed by atoms with van der Waals surface area (Å²) in [6.07, 6.45) is 4.68. The van der Waals surface area contributed by atoms with Gasteiger partial charge in [0.1, 0.15) is 5.82 Å². The van der Waals surface area contributed by atoms with Crippen molar-refractivity contribution in [1.82, 2.24) is 9.97 Å². The number of nitrogens with zero attached hydrogens (tertiary/aromatic N) is 3. The largest absolute Gasteiger partial charge is 0.359 e. The molecule has 17 heavy (non-hydrogen) atoms. The van der Waals surface area contributed by atoms with E-state index in [-0.39, 0.29) is 0 Å². The Labute approximate surface area is 102 Å². The van der Waals surface area contributed by atoms with Crippen LogP contribution in [0.15, 0.2) is 42.7 Å². The van der Waals surface area contributed by atoms with Crippen molar-refractivity contribution in [2.45, 2.75) is 13.3 Å². The Morgan fingerprint density at radius 3 is 2.59 bits per heavy atom. The second kappa shape index (κ2) is 5.43. The molecule has 2 aromatic rings. The first-order valence-corrected chi connectivity index (χ1v) is 5.79. The SMILES string of the molecule is Cc1cccc(N(C)CCc2ccncc2)n1. The van der Waals surface area contributed by atoms with Gasteiger partial charge in [0, 0.05) is 31.7 Å². The minimum absolute atomic E-state index is 0.959. The van der Waals surface area contributed by atoms with E-state index in [0.717, 1.165) is 24.5 Å². The van der Waals surface area contributed by atoms with E-state index in [1.54, 1.807) is 0 Å². The number of aryl methyl sites for hydroxylation is 1. The van der Waals surface area contributed by atoms with Crippen LogP contribution in [0.2, 0.25) is 0 Å². The fourth-order valence-corrected chi connectivity index (χ4v) is 1.70. The van der Waals surface area contributed by atoms with Crippen LogP contribution in [-0.2, 0) is 6.42 Å². The van der Waals surface area contributed by atoms with Crippen LogP contribution in [0.1, 0.15) is 11.3 Å². The Hall–Kier alpha value is -1.90. The van der Waals surface area contributed by atoms with E-state index in [1.165, 1.54) is 5.56 Å². The molecule has 0 fully saturated rings. The molecule has 0 saturated heterocycles. The van der Waals surface area contributed by atoms with Crippen LogP contribution in [0, 0.1) is 6.92 Å². The van der Waals surface area contributed by atoms with Crippen molar-refractivity contribution in [3.63, 3.8) is 0 Å². The minimum Gasteiger partial charge on any atom is -0.359 e. The summed E-state index contributed by atoms with van der Waals surface area (Å²) in [5, 5.41) is 0. The van der Waals surface area contributed by atoms with E-state index < -0.39 is 0 Å². The number of aromatic nitrogens is 2. The Balaban J connectivity index is 1.96. The third-order valence-electron chi connectivity index (χ3n) is 2.75. The normalized spacial score (nSPS) is 10.2. The third kappa shape index (κ3) is 3.28. The third-order valence-corrected chi connectivity index (χ3v) is 2.75. The van der Waals surface area contributed by atoms with Gasteiger partial charge >= 0.3 is 0 Å². The van der Waals surface area contributed by atoms with Gasteiger partial charge in [-0.1, -0.05) is 6.07 Å². The molecule has 88 valence electrons. The van der Waals surface area contributed by atoms with Crippen LogP contribution < -0.4 is 4.90 Å². The second-order valence-electron chi connectivity index (χ2n) is 4.16. The molecule has 2 heterocycles. The van der Waals surface area contributed by atoms with Gasteiger partial charge in [0.2, 0.25) is 0 Å². The van der Waals surface area contributed by atoms with Crippen LogP contribution in [0.25, 0.3) is 0 Å². The monoisotopic (exact) mass is 227 g/mol. The van der Waals surface area contributed by atoms with Gasteiger partial charge in [-0.2, -0.15) is 0 Å². The van der Waals surface area contributed by atoms with Crippen LogP contribution in [0.3, 0.4) is 0 Å². The highest BCUT2D eigenvalue weighted by atomic mass is 15.2. The summed E-state index contributed by atoms with van der Waals surface area (Å²) >= 11 is 0. The lowest BCUT2D eigenvalue weighted by atomic mass is 10.2. The lowest BCUT2D eigenvalue weighted by Crippen LogP contribution is -2.21. The Morgan fingerprint density at radius 1 is 1.12 bits per heavy atom. The summed E-state index contributed by atoms with van der Waals surface area (Å²) in [4.78, 5) is 10.7. The molecule has 0 radical (unpaired) electrons. The van der Waals surface area contributed by atoms with E-state index in [0.29, 0.717) is 0 Å². The molecule has 0 spiro atoms. The lowest BCUT2D eigenvalue weighted by molar-refractivity contribution is 0.855. The average Bonchev–Trinajstić information content (AvgIpc) is 2.37. The predicted octanol–water partition coefficient (Wildman–Crippen LogP) is 2.46. The van der Waals surface area contributed by atoms with E-state index in [2.05, 4.69) is 34.0 Å². The highest BCUT2D eigenvalue weighted by molar-refractivity contribution is 5.38. The maximum atomic E-state index is 4.50. The van der Waals surface area contributed by atoms with Crippen LogP contribution in [0.5, 0.6) is 0 Å². The fourth-order valence-electron chi connectivity index (χ4n) is 1.70. The Bertz CT molecular complexity index is 468. The molecule has 2 rings (SSSR count). The number of hydrogen-bond acceptors (Lipinski definition) is 3. The highest BCUT2D eigenvalue weighted by Gasteiger charge is 2.02. The number of likely N-dealkylation sites (N-methyl/N-ethyl adjacent to an activating group) is 1. The predicted molar refractivity (Wildman–Crippen MR) is 70.2 cm³/mol. The molecule has 0 N–H and O–H groups in total. The molecule has 0 aliphatic heterocycles. The summed E-state index contributed by atoms with van der Waals surface area (Å²) in [5.41, 5.74) is 2.36. The number of rotatable bonds is 4. The molecule has 0 aliphatic rings. The van der Waals surface area contributed by atoms with Crippen molar-refractivity contribution < 1.29 is 0 Å². The highest BCUT2D eigenvalue weighted by Crippen LogP contribution is 2.10. The van der Waals surface area contributed by atoms with Crippen molar-refractivity contribution in [3.8, 4) is 0 Å². The van der Waals surface area contributed by atoms with Crippen molar-refractivity contribution in [1.29, 1.82) is 0 Å². The Morgan fingerprint density at radius 2 is 1.88 bits per heavy atom. The van der Waals surface area contributed by atoms with Crippen molar-refractivity contribution in [3.05, 3.63) is 54.0 Å². The molecule has 2 aromatic heterocycles.